The van der Waals surface area contributed by atoms with Gasteiger partial charge >= 0.3 is 0 Å². The average Bonchev–Trinajstić information content (AvgIpc) is 3.35. The number of para-hydroxylation sites is 1. The first kappa shape index (κ1) is 19.9. The Morgan fingerprint density at radius 3 is 2.84 bits per heavy atom. The van der Waals surface area contributed by atoms with Crippen molar-refractivity contribution in [2.45, 2.75) is 20.3 Å². The number of hydrogen-bond acceptors (Lipinski definition) is 5. The summed E-state index contributed by atoms with van der Waals surface area (Å²) in [7, 11) is 1.69. The molecule has 0 bridgehead atoms. The zero-order valence-corrected chi connectivity index (χ0v) is 18.4. The third-order valence-electron chi connectivity index (χ3n) is 5.90. The largest absolute Gasteiger partial charge is 0.495 e. The zero-order valence-electron chi connectivity index (χ0n) is 18.4. The van der Waals surface area contributed by atoms with Crippen LogP contribution in [-0.4, -0.2) is 33.6 Å². The summed E-state index contributed by atoms with van der Waals surface area (Å²) in [5, 5.41) is 9.11. The van der Waals surface area contributed by atoms with E-state index < -0.39 is 0 Å². The normalized spacial score (nSPS) is 11.2. The number of methoxy groups -OCH3 is 1. The summed E-state index contributed by atoms with van der Waals surface area (Å²) in [6.45, 7) is 4.95. The molecule has 0 saturated heterocycles. The van der Waals surface area contributed by atoms with E-state index in [1.165, 1.54) is 27.6 Å². The van der Waals surface area contributed by atoms with Crippen molar-refractivity contribution in [1.82, 2.24) is 19.9 Å². The van der Waals surface area contributed by atoms with Gasteiger partial charge in [-0.05, 0) is 61.7 Å². The van der Waals surface area contributed by atoms with Gasteiger partial charge in [-0.25, -0.2) is 4.98 Å². The number of nitrogens with one attached hydrogen (secondary N) is 4. The van der Waals surface area contributed by atoms with E-state index in [0.717, 1.165) is 41.3 Å². The molecule has 0 spiro atoms. The Labute approximate surface area is 186 Å². The first-order chi connectivity index (χ1) is 15.6. The van der Waals surface area contributed by atoms with E-state index in [-0.39, 0.29) is 0 Å². The van der Waals surface area contributed by atoms with Crippen molar-refractivity contribution >= 4 is 39.3 Å². The number of ether oxygens (including phenoxy) is 1. The van der Waals surface area contributed by atoms with Crippen LogP contribution in [0.25, 0.3) is 21.8 Å². The molecule has 0 aliphatic rings. The molecule has 32 heavy (non-hydrogen) atoms. The zero-order chi connectivity index (χ0) is 22.1. The molecule has 4 N–H and O–H groups in total. The maximum Gasteiger partial charge on any atom is 0.224 e. The second-order valence-electron chi connectivity index (χ2n) is 7.90. The molecule has 7 heteroatoms. The predicted octanol–water partition coefficient (Wildman–Crippen LogP) is 5.46. The Morgan fingerprint density at radius 2 is 1.97 bits per heavy atom. The van der Waals surface area contributed by atoms with Crippen molar-refractivity contribution in [3.8, 4) is 5.75 Å². The minimum atomic E-state index is 0.599. The first-order valence-electron chi connectivity index (χ1n) is 10.7. The Bertz CT molecular complexity index is 1400. The number of aryl methyl sites for hydroxylation is 2. The third kappa shape index (κ3) is 3.73. The lowest BCUT2D eigenvalue weighted by molar-refractivity contribution is 0.419. The minimum absolute atomic E-state index is 0.599. The molecule has 2 aromatic carbocycles. The molecular formula is C25H26N6O. The summed E-state index contributed by atoms with van der Waals surface area (Å²) in [5.74, 6) is 2.21. The number of aromatic nitrogens is 4. The maximum absolute atomic E-state index is 5.43. The van der Waals surface area contributed by atoms with Gasteiger partial charge in [0, 0.05) is 46.6 Å². The van der Waals surface area contributed by atoms with E-state index in [4.69, 9.17) is 4.74 Å². The standard InChI is InChI=1S/C25H26N6O/c1-15-16(2)29-21-8-7-18(13-20(15)21)30-23-10-12-27-25(31-23)26-11-9-17-14-28-24-19(17)5-4-6-22(24)32-3/h4-8,10,12-14,28-29H,9,11H2,1-3H3,(H2,26,27,30,31). The van der Waals surface area contributed by atoms with Crippen LogP contribution in [0, 0.1) is 13.8 Å². The summed E-state index contributed by atoms with van der Waals surface area (Å²) < 4.78 is 5.43. The number of rotatable bonds is 7. The van der Waals surface area contributed by atoms with Gasteiger partial charge in [-0.1, -0.05) is 12.1 Å². The fourth-order valence-electron chi connectivity index (χ4n) is 4.07. The van der Waals surface area contributed by atoms with Gasteiger partial charge in [0.15, 0.2) is 0 Å². The van der Waals surface area contributed by atoms with Crippen molar-refractivity contribution in [2.24, 2.45) is 0 Å². The monoisotopic (exact) mass is 426 g/mol. The van der Waals surface area contributed by atoms with Crippen LogP contribution in [0.4, 0.5) is 17.5 Å². The van der Waals surface area contributed by atoms with Gasteiger partial charge in [0.05, 0.1) is 12.6 Å². The van der Waals surface area contributed by atoms with E-state index in [1.807, 2.05) is 24.4 Å². The third-order valence-corrected chi connectivity index (χ3v) is 5.90. The van der Waals surface area contributed by atoms with E-state index in [1.54, 1.807) is 13.3 Å². The quantitative estimate of drug-likeness (QED) is 0.277. The fraction of sp³-hybridized carbons (Fsp3) is 0.200. The van der Waals surface area contributed by atoms with Gasteiger partial charge in [0.2, 0.25) is 5.95 Å². The van der Waals surface area contributed by atoms with Crippen LogP contribution in [0.15, 0.2) is 54.9 Å². The molecule has 0 aliphatic heterocycles. The Hall–Kier alpha value is -4.00. The van der Waals surface area contributed by atoms with Crippen LogP contribution in [-0.2, 0) is 6.42 Å². The van der Waals surface area contributed by atoms with Crippen LogP contribution >= 0.6 is 0 Å². The second-order valence-corrected chi connectivity index (χ2v) is 7.90. The molecule has 5 aromatic rings. The van der Waals surface area contributed by atoms with Gasteiger partial charge < -0.3 is 25.3 Å². The number of H-pyrrole nitrogens is 2. The highest BCUT2D eigenvalue weighted by atomic mass is 16.5. The summed E-state index contributed by atoms with van der Waals surface area (Å²) >= 11 is 0. The summed E-state index contributed by atoms with van der Waals surface area (Å²) in [6, 6.07) is 14.2. The van der Waals surface area contributed by atoms with Gasteiger partial charge in [-0.3, -0.25) is 0 Å². The van der Waals surface area contributed by atoms with Gasteiger partial charge in [-0.2, -0.15) is 4.98 Å². The summed E-state index contributed by atoms with van der Waals surface area (Å²) in [4.78, 5) is 15.7. The highest BCUT2D eigenvalue weighted by molar-refractivity contribution is 5.89. The number of hydrogen-bond donors (Lipinski definition) is 4. The van der Waals surface area contributed by atoms with Crippen molar-refractivity contribution in [3.63, 3.8) is 0 Å². The molecule has 162 valence electrons. The number of anilines is 3. The lowest BCUT2D eigenvalue weighted by Crippen LogP contribution is -2.08. The number of aromatic amines is 2. The van der Waals surface area contributed by atoms with E-state index in [2.05, 4.69) is 68.7 Å². The first-order valence-corrected chi connectivity index (χ1v) is 10.7. The Kier molecular flexibility index (Phi) is 5.15. The molecule has 5 rings (SSSR count). The topological polar surface area (TPSA) is 90.7 Å². The van der Waals surface area contributed by atoms with Gasteiger partial charge in [-0.15, -0.1) is 0 Å². The molecule has 0 aliphatic carbocycles. The van der Waals surface area contributed by atoms with Gasteiger partial charge in [0.1, 0.15) is 11.6 Å². The smallest absolute Gasteiger partial charge is 0.224 e. The van der Waals surface area contributed by atoms with E-state index in [0.29, 0.717) is 5.95 Å². The molecule has 0 amide bonds. The van der Waals surface area contributed by atoms with Crippen molar-refractivity contribution < 1.29 is 4.74 Å². The predicted molar refractivity (Wildman–Crippen MR) is 130 cm³/mol. The summed E-state index contributed by atoms with van der Waals surface area (Å²) in [5.41, 5.74) is 6.86. The van der Waals surface area contributed by atoms with Crippen LogP contribution in [0.1, 0.15) is 16.8 Å². The van der Waals surface area contributed by atoms with Crippen molar-refractivity contribution in [3.05, 3.63) is 71.7 Å². The van der Waals surface area contributed by atoms with Crippen LogP contribution in [0.5, 0.6) is 5.75 Å². The SMILES string of the molecule is COc1cccc2c(CCNc3nccc(Nc4ccc5[nH]c(C)c(C)c5c4)n3)c[nH]c12. The highest BCUT2D eigenvalue weighted by Crippen LogP contribution is 2.28. The second kappa shape index (κ2) is 8.26. The molecular weight excluding hydrogens is 400 g/mol. The minimum Gasteiger partial charge on any atom is -0.495 e. The molecule has 3 heterocycles. The molecule has 0 saturated carbocycles. The van der Waals surface area contributed by atoms with Crippen LogP contribution in [0.3, 0.4) is 0 Å². The number of nitrogens with zero attached hydrogens (tertiary/aromatic N) is 2. The highest BCUT2D eigenvalue weighted by Gasteiger charge is 2.09. The average molecular weight is 427 g/mol. The summed E-state index contributed by atoms with van der Waals surface area (Å²) in [6.07, 6.45) is 4.64. The fourth-order valence-corrected chi connectivity index (χ4v) is 4.07. The molecule has 7 nitrogen and oxygen atoms in total. The van der Waals surface area contributed by atoms with Crippen LogP contribution < -0.4 is 15.4 Å². The lowest BCUT2D eigenvalue weighted by Gasteiger charge is -2.09. The van der Waals surface area contributed by atoms with Crippen molar-refractivity contribution in [1.29, 1.82) is 0 Å². The Balaban J connectivity index is 1.26. The molecule has 0 radical (unpaired) electrons. The van der Waals surface area contributed by atoms with Crippen LogP contribution in [0.2, 0.25) is 0 Å². The Morgan fingerprint density at radius 1 is 1.06 bits per heavy atom. The molecule has 3 aromatic heterocycles. The molecule has 0 atom stereocenters. The number of fused-ring (bicyclic) bond motifs is 2. The maximum atomic E-state index is 5.43. The van der Waals surface area contributed by atoms with Gasteiger partial charge in [0.25, 0.3) is 0 Å². The molecule has 0 fully saturated rings. The molecule has 0 unspecified atom stereocenters. The van der Waals surface area contributed by atoms with E-state index >= 15 is 0 Å². The number of benzene rings is 2. The lowest BCUT2D eigenvalue weighted by atomic mass is 10.1. The van der Waals surface area contributed by atoms with Crippen molar-refractivity contribution in [2.75, 3.05) is 24.3 Å². The van der Waals surface area contributed by atoms with E-state index in [9.17, 15) is 0 Å².